The predicted molar refractivity (Wildman–Crippen MR) is 178 cm³/mol. The number of amides is 3. The standard InChI is InChI=1S/C33H31Cl2FN4O5S/c34-21-7-5-20(6-8-21)27-28(45-18-15-38-26(42)19-41)30(46-29(27)24-3-1-2-4-25(24)35)31(43)40-16-13-33(14-17-40,32(37)44)39-23-11-9-22(36)10-12-23/h1-12,39,41H,13-19H2,(H2,37,44)(H,38,42). The lowest BCUT2D eigenvalue weighted by molar-refractivity contribution is -0.124. The van der Waals surface area contributed by atoms with Gasteiger partial charge in [0.15, 0.2) is 5.75 Å². The van der Waals surface area contributed by atoms with Crippen LogP contribution < -0.4 is 21.1 Å². The Morgan fingerprint density at radius 3 is 2.30 bits per heavy atom. The van der Waals surface area contributed by atoms with E-state index < -0.39 is 29.8 Å². The number of hydrogen-bond acceptors (Lipinski definition) is 7. The second-order valence-corrected chi connectivity index (χ2v) is 12.5. The normalized spacial score (nSPS) is 14.0. The van der Waals surface area contributed by atoms with Gasteiger partial charge in [-0.05, 0) is 60.9 Å². The lowest BCUT2D eigenvalue weighted by atomic mass is 9.86. The Labute approximate surface area is 279 Å². The Morgan fingerprint density at radius 1 is 1.00 bits per heavy atom. The summed E-state index contributed by atoms with van der Waals surface area (Å²) in [7, 11) is 0. The summed E-state index contributed by atoms with van der Waals surface area (Å²) >= 11 is 14.1. The average Bonchev–Trinajstić information content (AvgIpc) is 3.43. The highest BCUT2D eigenvalue weighted by molar-refractivity contribution is 7.18. The fraction of sp³-hybridized carbons (Fsp3) is 0.242. The Hall–Kier alpha value is -4.16. The number of aliphatic hydroxyl groups is 1. The number of benzene rings is 3. The maximum absolute atomic E-state index is 14.3. The van der Waals surface area contributed by atoms with Crippen LogP contribution in [0.4, 0.5) is 10.1 Å². The van der Waals surface area contributed by atoms with Crippen LogP contribution in [0, 0.1) is 5.82 Å². The lowest BCUT2D eigenvalue weighted by Crippen LogP contribution is -2.57. The van der Waals surface area contributed by atoms with Gasteiger partial charge in [-0.1, -0.05) is 53.5 Å². The van der Waals surface area contributed by atoms with E-state index >= 15 is 0 Å². The molecule has 0 atom stereocenters. The molecule has 1 aliphatic rings. The predicted octanol–water partition coefficient (Wildman–Crippen LogP) is 5.59. The van der Waals surface area contributed by atoms with Crippen LogP contribution in [-0.4, -0.2) is 66.1 Å². The summed E-state index contributed by atoms with van der Waals surface area (Å²) in [6.45, 7) is -0.149. The number of likely N-dealkylation sites (tertiary alicyclic amines) is 1. The van der Waals surface area contributed by atoms with Gasteiger partial charge in [0, 0.05) is 44.8 Å². The number of carbonyl (C=O) groups is 3. The topological polar surface area (TPSA) is 134 Å². The van der Waals surface area contributed by atoms with Crippen LogP contribution in [0.1, 0.15) is 22.5 Å². The highest BCUT2D eigenvalue weighted by Gasteiger charge is 2.42. The number of halogens is 3. The maximum atomic E-state index is 14.3. The van der Waals surface area contributed by atoms with Crippen LogP contribution >= 0.6 is 34.5 Å². The summed E-state index contributed by atoms with van der Waals surface area (Å²) < 4.78 is 19.7. The van der Waals surface area contributed by atoms with Crippen molar-refractivity contribution in [2.45, 2.75) is 18.4 Å². The molecule has 0 spiro atoms. The van der Waals surface area contributed by atoms with Gasteiger partial charge in [-0.2, -0.15) is 0 Å². The molecular weight excluding hydrogens is 654 g/mol. The Bertz CT molecular complexity index is 1730. The second kappa shape index (κ2) is 14.5. The van der Waals surface area contributed by atoms with Crippen molar-refractivity contribution in [1.29, 1.82) is 0 Å². The molecule has 9 nitrogen and oxygen atoms in total. The van der Waals surface area contributed by atoms with E-state index in [2.05, 4.69) is 10.6 Å². The lowest BCUT2D eigenvalue weighted by Gasteiger charge is -2.40. The average molecular weight is 686 g/mol. The van der Waals surface area contributed by atoms with Gasteiger partial charge in [0.05, 0.1) is 6.54 Å². The number of anilines is 1. The van der Waals surface area contributed by atoms with E-state index in [-0.39, 0.29) is 45.0 Å². The molecule has 0 bridgehead atoms. The molecule has 1 aliphatic heterocycles. The number of carbonyl (C=O) groups excluding carboxylic acids is 3. The third-order valence-corrected chi connectivity index (χ3v) is 9.50. The summed E-state index contributed by atoms with van der Waals surface area (Å²) in [6, 6.07) is 20.0. The molecule has 2 heterocycles. The van der Waals surface area contributed by atoms with Gasteiger partial charge in [0.1, 0.15) is 29.4 Å². The van der Waals surface area contributed by atoms with Crippen molar-refractivity contribution in [2.24, 2.45) is 5.73 Å². The third-order valence-electron chi connectivity index (χ3n) is 7.73. The van der Waals surface area contributed by atoms with Gasteiger partial charge in [-0.25, -0.2) is 4.39 Å². The summed E-state index contributed by atoms with van der Waals surface area (Å²) in [5, 5.41) is 15.8. The van der Waals surface area contributed by atoms with E-state index in [0.717, 1.165) is 5.56 Å². The monoisotopic (exact) mass is 684 g/mol. The maximum Gasteiger partial charge on any atom is 0.267 e. The second-order valence-electron chi connectivity index (χ2n) is 10.7. The minimum atomic E-state index is -1.13. The smallest absolute Gasteiger partial charge is 0.267 e. The van der Waals surface area contributed by atoms with Crippen LogP contribution in [-0.2, 0) is 9.59 Å². The third kappa shape index (κ3) is 7.28. The van der Waals surface area contributed by atoms with Crippen molar-refractivity contribution in [3.63, 3.8) is 0 Å². The summed E-state index contributed by atoms with van der Waals surface area (Å²) in [5.74, 6) is -1.53. The Morgan fingerprint density at radius 2 is 1.67 bits per heavy atom. The number of rotatable bonds is 11. The van der Waals surface area contributed by atoms with Gasteiger partial charge >= 0.3 is 0 Å². The molecule has 3 amide bonds. The largest absolute Gasteiger partial charge is 0.489 e. The molecular formula is C33H31Cl2FN4O5S. The van der Waals surface area contributed by atoms with Crippen LogP contribution in [0.5, 0.6) is 5.75 Å². The van der Waals surface area contributed by atoms with Crippen molar-refractivity contribution in [3.05, 3.63) is 93.5 Å². The van der Waals surface area contributed by atoms with Crippen LogP contribution in [0.3, 0.4) is 0 Å². The summed E-state index contributed by atoms with van der Waals surface area (Å²) in [4.78, 5) is 41.2. The highest BCUT2D eigenvalue weighted by atomic mass is 35.5. The first-order valence-corrected chi connectivity index (χ1v) is 16.0. The number of nitrogens with two attached hydrogens (primary N) is 1. The fourth-order valence-corrected chi connectivity index (χ4v) is 6.97. The van der Waals surface area contributed by atoms with Crippen molar-refractivity contribution in [1.82, 2.24) is 10.2 Å². The number of thiophene rings is 1. The molecule has 5 rings (SSSR count). The van der Waals surface area contributed by atoms with Crippen molar-refractivity contribution in [2.75, 3.05) is 38.2 Å². The van der Waals surface area contributed by atoms with Crippen molar-refractivity contribution >= 4 is 57.9 Å². The molecule has 1 aromatic heterocycles. The molecule has 46 heavy (non-hydrogen) atoms. The zero-order valence-corrected chi connectivity index (χ0v) is 26.9. The number of nitrogens with one attached hydrogen (secondary N) is 2. The molecule has 240 valence electrons. The van der Waals surface area contributed by atoms with Crippen molar-refractivity contribution < 1.29 is 28.6 Å². The minimum Gasteiger partial charge on any atom is -0.489 e. The number of piperidine rings is 1. The quantitative estimate of drug-likeness (QED) is 0.152. The molecule has 0 saturated carbocycles. The molecule has 13 heteroatoms. The fourth-order valence-electron chi connectivity index (χ4n) is 5.29. The van der Waals surface area contributed by atoms with Gasteiger partial charge in [-0.15, -0.1) is 11.3 Å². The van der Waals surface area contributed by atoms with Gasteiger partial charge in [0.25, 0.3) is 5.91 Å². The first kappa shape index (κ1) is 33.2. The molecule has 1 fully saturated rings. The first-order valence-electron chi connectivity index (χ1n) is 14.4. The molecule has 0 aliphatic carbocycles. The Kier molecular flexibility index (Phi) is 10.5. The number of aliphatic hydroxyl groups excluding tert-OH is 1. The van der Waals surface area contributed by atoms with Crippen LogP contribution in [0.25, 0.3) is 21.6 Å². The molecule has 0 radical (unpaired) electrons. The van der Waals surface area contributed by atoms with E-state index in [1.54, 1.807) is 23.1 Å². The summed E-state index contributed by atoms with van der Waals surface area (Å²) in [5.41, 5.74) is 7.32. The van der Waals surface area contributed by atoms with E-state index in [0.29, 0.717) is 42.4 Å². The molecule has 5 N–H and O–H groups in total. The van der Waals surface area contributed by atoms with Gasteiger partial charge < -0.3 is 31.1 Å². The highest BCUT2D eigenvalue weighted by Crippen LogP contribution is 2.50. The number of ether oxygens (including phenoxy) is 1. The number of primary amides is 1. The van der Waals surface area contributed by atoms with Crippen LogP contribution in [0.15, 0.2) is 72.8 Å². The van der Waals surface area contributed by atoms with Crippen molar-refractivity contribution in [3.8, 4) is 27.3 Å². The molecule has 3 aromatic carbocycles. The van der Waals surface area contributed by atoms with Gasteiger partial charge in [-0.3, -0.25) is 14.4 Å². The van der Waals surface area contributed by atoms with Crippen LogP contribution in [0.2, 0.25) is 10.0 Å². The summed E-state index contributed by atoms with van der Waals surface area (Å²) in [6.07, 6.45) is 0.448. The van der Waals surface area contributed by atoms with E-state index in [9.17, 15) is 18.8 Å². The minimum absolute atomic E-state index is 0.0116. The van der Waals surface area contributed by atoms with E-state index in [1.165, 1.54) is 35.6 Å². The first-order chi connectivity index (χ1) is 22.1. The van der Waals surface area contributed by atoms with Gasteiger partial charge in [0.2, 0.25) is 11.8 Å². The number of nitrogens with zero attached hydrogens (tertiary/aromatic N) is 1. The molecule has 1 saturated heterocycles. The van der Waals surface area contributed by atoms with E-state index in [4.69, 9.17) is 38.8 Å². The zero-order chi connectivity index (χ0) is 32.8. The zero-order valence-electron chi connectivity index (χ0n) is 24.5. The number of hydrogen-bond donors (Lipinski definition) is 4. The molecule has 0 unspecified atom stereocenters. The SMILES string of the molecule is NC(=O)C1(Nc2ccc(F)cc2)CCN(C(=O)c2sc(-c3ccccc3Cl)c(-c3ccc(Cl)cc3)c2OCCNC(=O)CO)CC1. The molecule has 4 aromatic rings. The van der Waals surface area contributed by atoms with E-state index in [1.807, 2.05) is 30.3 Å². The Balaban J connectivity index is 1.51.